The van der Waals surface area contributed by atoms with Crippen molar-refractivity contribution >= 4 is 43.1 Å². The van der Waals surface area contributed by atoms with Crippen LogP contribution in [0.3, 0.4) is 0 Å². The maximum absolute atomic E-state index is 14.9. The lowest BCUT2D eigenvalue weighted by Crippen LogP contribution is -2.56. The van der Waals surface area contributed by atoms with Crippen LogP contribution in [-0.4, -0.2) is 96.4 Å². The van der Waals surface area contributed by atoms with E-state index in [2.05, 4.69) is 53.7 Å². The molecule has 3 aromatic heterocycles. The summed E-state index contributed by atoms with van der Waals surface area (Å²) in [6.45, 7) is 8.12. The van der Waals surface area contributed by atoms with E-state index >= 15 is 0 Å². The van der Waals surface area contributed by atoms with Crippen LogP contribution in [0.1, 0.15) is 51.5 Å². The molecule has 2 saturated carbocycles. The first-order chi connectivity index (χ1) is 22.9. The van der Waals surface area contributed by atoms with Gasteiger partial charge in [-0.05, 0) is 72.2 Å². The first kappa shape index (κ1) is 32.8. The predicted octanol–water partition coefficient (Wildman–Crippen LogP) is 5.83. The number of ether oxygens (including phenoxy) is 2. The Hall–Kier alpha value is -3.70. The molecule has 4 heterocycles. The van der Waals surface area contributed by atoms with Gasteiger partial charge in [0.25, 0.3) is 0 Å². The third-order valence-electron chi connectivity index (χ3n) is 10.7. The minimum absolute atomic E-state index is 0.0127. The zero-order valence-corrected chi connectivity index (χ0v) is 29.0. The molecule has 0 amide bonds. The molecule has 1 saturated heterocycles. The van der Waals surface area contributed by atoms with Gasteiger partial charge in [-0.1, -0.05) is 0 Å². The first-order valence-electron chi connectivity index (χ1n) is 16.6. The molecule has 2 aliphatic carbocycles. The zero-order chi connectivity index (χ0) is 34.0. The Bertz CT molecular complexity index is 1920. The molecule has 2 N–H and O–H groups in total. The summed E-state index contributed by atoms with van der Waals surface area (Å²) in [5, 5.41) is 10.9. The standard InChI is InChI=1S/C35H42F2N8O2S/c1-20-16-46-21(2)15-45(20)17-34(9-10-34)19-47-33-41-27-12-26(22-11-25(36)29(37)30-28(22)23(13-38)31(39)48-30)40-14-24(27)32(42-33)44(5)18-35(43(3)4)7-6-8-35/h11-12,14,20-21H,6-10,15-19,39H2,1-5H3/t20-,21+/m1/s1. The highest BCUT2D eigenvalue weighted by molar-refractivity contribution is 7.23. The molecule has 13 heteroatoms. The Labute approximate surface area is 283 Å². The Morgan fingerprint density at radius 3 is 2.60 bits per heavy atom. The van der Waals surface area contributed by atoms with Crippen molar-refractivity contribution in [1.82, 2.24) is 24.8 Å². The summed E-state index contributed by atoms with van der Waals surface area (Å²) in [6, 6.07) is 5.48. The molecule has 0 spiro atoms. The number of aromatic nitrogens is 3. The van der Waals surface area contributed by atoms with Crippen LogP contribution < -0.4 is 15.4 Å². The number of nitriles is 1. The van der Waals surface area contributed by atoms with Crippen LogP contribution in [-0.2, 0) is 4.74 Å². The number of anilines is 2. The lowest BCUT2D eigenvalue weighted by atomic mass is 9.75. The largest absolute Gasteiger partial charge is 0.463 e. The van der Waals surface area contributed by atoms with Crippen LogP contribution in [0.15, 0.2) is 18.3 Å². The van der Waals surface area contributed by atoms with Gasteiger partial charge in [0.15, 0.2) is 11.6 Å². The molecule has 48 heavy (non-hydrogen) atoms. The number of thiophene rings is 1. The third-order valence-corrected chi connectivity index (χ3v) is 11.7. The smallest absolute Gasteiger partial charge is 0.318 e. The van der Waals surface area contributed by atoms with E-state index < -0.39 is 11.6 Å². The van der Waals surface area contributed by atoms with Crippen LogP contribution in [0.2, 0.25) is 0 Å². The number of nitrogens with zero attached hydrogens (tertiary/aromatic N) is 7. The number of nitrogens with two attached hydrogens (primary N) is 1. The number of fused-ring (bicyclic) bond motifs is 2. The molecule has 7 rings (SSSR count). The van der Waals surface area contributed by atoms with Crippen molar-refractivity contribution < 1.29 is 18.3 Å². The third kappa shape index (κ3) is 5.82. The number of rotatable bonds is 10. The van der Waals surface area contributed by atoms with Crippen molar-refractivity contribution in [3.8, 4) is 23.3 Å². The van der Waals surface area contributed by atoms with Gasteiger partial charge in [0.05, 0.1) is 46.2 Å². The van der Waals surface area contributed by atoms with Crippen molar-refractivity contribution in [3.05, 3.63) is 35.5 Å². The zero-order valence-electron chi connectivity index (χ0n) is 28.1. The molecule has 1 aromatic carbocycles. The van der Waals surface area contributed by atoms with E-state index in [-0.39, 0.29) is 49.3 Å². The monoisotopic (exact) mass is 676 g/mol. The molecule has 254 valence electrons. The predicted molar refractivity (Wildman–Crippen MR) is 184 cm³/mol. The molecule has 2 atom stereocenters. The number of nitrogen functional groups attached to an aromatic ring is 1. The van der Waals surface area contributed by atoms with Gasteiger partial charge in [-0.3, -0.25) is 9.88 Å². The Balaban J connectivity index is 1.27. The summed E-state index contributed by atoms with van der Waals surface area (Å²) < 4.78 is 42.0. The van der Waals surface area contributed by atoms with Crippen LogP contribution >= 0.6 is 11.3 Å². The highest BCUT2D eigenvalue weighted by atomic mass is 32.1. The van der Waals surface area contributed by atoms with Crippen molar-refractivity contribution in [2.45, 2.75) is 63.6 Å². The second-order valence-corrected chi connectivity index (χ2v) is 15.4. The summed E-state index contributed by atoms with van der Waals surface area (Å²) >= 11 is 0.854. The van der Waals surface area contributed by atoms with E-state index in [4.69, 9.17) is 25.2 Å². The van der Waals surface area contributed by atoms with Crippen molar-refractivity contribution in [2.24, 2.45) is 5.41 Å². The van der Waals surface area contributed by atoms with E-state index in [1.54, 1.807) is 12.3 Å². The molecule has 0 radical (unpaired) electrons. The van der Waals surface area contributed by atoms with E-state index in [1.165, 1.54) is 6.42 Å². The first-order valence-corrected chi connectivity index (χ1v) is 17.4. The molecule has 0 unspecified atom stereocenters. The van der Waals surface area contributed by atoms with Crippen LogP contribution in [0.5, 0.6) is 6.01 Å². The molecular formula is C35H42F2N8O2S. The second-order valence-electron chi connectivity index (χ2n) is 14.3. The van der Waals surface area contributed by atoms with Gasteiger partial charge < -0.3 is 25.0 Å². The average Bonchev–Trinajstić information content (AvgIpc) is 3.72. The SMILES string of the molecule is C[C@@H]1CO[C@@H](C)CN1CC1(COc2nc(N(C)CC3(N(C)C)CCC3)c3cnc(-c4cc(F)c(F)c5sc(N)c(C#N)c45)cc3n2)CC1. The molecule has 0 bridgehead atoms. The Morgan fingerprint density at radius 2 is 1.94 bits per heavy atom. The van der Waals surface area contributed by atoms with Crippen LogP contribution in [0.4, 0.5) is 19.6 Å². The number of pyridine rings is 1. The van der Waals surface area contributed by atoms with Gasteiger partial charge in [0, 0.05) is 60.8 Å². The molecule has 3 fully saturated rings. The molecule has 1 aliphatic heterocycles. The van der Waals surface area contributed by atoms with Crippen LogP contribution in [0, 0.1) is 28.4 Å². The maximum Gasteiger partial charge on any atom is 0.318 e. The lowest BCUT2D eigenvalue weighted by molar-refractivity contribution is -0.0580. The number of halogens is 2. The Kier molecular flexibility index (Phi) is 8.43. The summed E-state index contributed by atoms with van der Waals surface area (Å²) in [7, 11) is 6.26. The minimum atomic E-state index is -1.04. The van der Waals surface area contributed by atoms with E-state index in [9.17, 15) is 14.0 Å². The maximum atomic E-state index is 14.9. The van der Waals surface area contributed by atoms with Gasteiger partial charge >= 0.3 is 6.01 Å². The van der Waals surface area contributed by atoms with Crippen molar-refractivity contribution in [1.29, 1.82) is 5.26 Å². The van der Waals surface area contributed by atoms with Gasteiger partial charge in [-0.2, -0.15) is 15.2 Å². The minimum Gasteiger partial charge on any atom is -0.463 e. The highest BCUT2D eigenvalue weighted by Gasteiger charge is 2.46. The molecular weight excluding hydrogens is 635 g/mol. The van der Waals surface area contributed by atoms with E-state index in [1.807, 2.05) is 7.05 Å². The number of benzene rings is 1. The van der Waals surface area contributed by atoms with Crippen LogP contribution in [0.25, 0.3) is 32.2 Å². The second kappa shape index (κ2) is 12.3. The summed E-state index contributed by atoms with van der Waals surface area (Å²) in [6.07, 6.45) is 7.38. The number of hydrogen-bond acceptors (Lipinski definition) is 11. The topological polar surface area (TPSA) is 117 Å². The normalized spacial score (nSPS) is 21.7. The number of morpholine rings is 1. The molecule has 10 nitrogen and oxygen atoms in total. The summed E-state index contributed by atoms with van der Waals surface area (Å²) in [4.78, 5) is 21.4. The van der Waals surface area contributed by atoms with Gasteiger partial charge in [0.2, 0.25) is 0 Å². The molecule has 3 aliphatic rings. The van der Waals surface area contributed by atoms with Crippen molar-refractivity contribution in [2.75, 3.05) is 64.6 Å². The summed E-state index contributed by atoms with van der Waals surface area (Å²) in [5.41, 5.74) is 7.40. The number of likely N-dealkylation sites (N-methyl/N-ethyl adjacent to an activating group) is 2. The fraction of sp³-hybridized carbons (Fsp3) is 0.543. The molecule has 4 aromatic rings. The highest BCUT2D eigenvalue weighted by Crippen LogP contribution is 2.47. The van der Waals surface area contributed by atoms with Gasteiger partial charge in [0.1, 0.15) is 16.9 Å². The number of hydrogen-bond donors (Lipinski definition) is 1. The summed E-state index contributed by atoms with van der Waals surface area (Å²) in [5.74, 6) is -1.38. The van der Waals surface area contributed by atoms with Gasteiger partial charge in [-0.15, -0.1) is 11.3 Å². The quantitative estimate of drug-likeness (QED) is 0.220. The van der Waals surface area contributed by atoms with Crippen molar-refractivity contribution in [3.63, 3.8) is 0 Å². The fourth-order valence-corrected chi connectivity index (χ4v) is 8.22. The van der Waals surface area contributed by atoms with E-state index in [0.29, 0.717) is 35.1 Å². The average molecular weight is 677 g/mol. The fourth-order valence-electron chi connectivity index (χ4n) is 7.25. The van der Waals surface area contributed by atoms with E-state index in [0.717, 1.165) is 69.3 Å². The Morgan fingerprint density at radius 1 is 1.17 bits per heavy atom. The lowest BCUT2D eigenvalue weighted by Gasteiger charge is -2.49. The van der Waals surface area contributed by atoms with Gasteiger partial charge in [-0.25, -0.2) is 8.78 Å².